The van der Waals surface area contributed by atoms with Crippen LogP contribution in [0.15, 0.2) is 24.3 Å². The maximum Gasteiger partial charge on any atom is 0.123 e. The second kappa shape index (κ2) is 5.25. The van der Waals surface area contributed by atoms with E-state index in [-0.39, 0.29) is 0 Å². The molecule has 1 rings (SSSR count). The molecule has 3 heteroatoms. The van der Waals surface area contributed by atoms with Crippen LogP contribution < -0.4 is 4.74 Å². The molecular formula is C10H13BrO2. The molecule has 0 heterocycles. The molecule has 1 N–H and O–H groups in total. The van der Waals surface area contributed by atoms with Gasteiger partial charge in [0.25, 0.3) is 0 Å². The second-order valence-corrected chi connectivity index (χ2v) is 3.46. The van der Waals surface area contributed by atoms with Gasteiger partial charge in [0.1, 0.15) is 12.4 Å². The summed E-state index contributed by atoms with van der Waals surface area (Å²) >= 11 is 3.37. The molecule has 0 aliphatic heterocycles. The van der Waals surface area contributed by atoms with E-state index in [0.29, 0.717) is 6.61 Å². The molecule has 0 radical (unpaired) electrons. The fraction of sp³-hybridized carbons (Fsp3) is 0.400. The van der Waals surface area contributed by atoms with Gasteiger partial charge in [-0.3, -0.25) is 0 Å². The zero-order chi connectivity index (χ0) is 9.68. The van der Waals surface area contributed by atoms with Crippen molar-refractivity contribution < 1.29 is 9.84 Å². The summed E-state index contributed by atoms with van der Waals surface area (Å²) in [4.78, 5) is 0. The Morgan fingerprint density at radius 1 is 1.46 bits per heavy atom. The Balaban J connectivity index is 2.64. The lowest BCUT2D eigenvalue weighted by Gasteiger charge is -2.10. The van der Waals surface area contributed by atoms with Crippen LogP contribution in [0.5, 0.6) is 5.75 Å². The van der Waals surface area contributed by atoms with E-state index in [1.54, 1.807) is 6.92 Å². The van der Waals surface area contributed by atoms with Crippen LogP contribution in [0.1, 0.15) is 12.5 Å². The Hall–Kier alpha value is -0.540. The van der Waals surface area contributed by atoms with Crippen molar-refractivity contribution in [2.75, 3.05) is 6.61 Å². The standard InChI is InChI=1S/C10H13BrO2/c1-8(12)7-13-10-5-3-2-4-9(10)6-11/h2-5,8,12H,6-7H2,1H3. The molecule has 0 saturated carbocycles. The van der Waals surface area contributed by atoms with Gasteiger partial charge in [0.15, 0.2) is 0 Å². The van der Waals surface area contributed by atoms with Crippen LogP contribution in [-0.4, -0.2) is 17.8 Å². The molecule has 0 saturated heterocycles. The molecule has 13 heavy (non-hydrogen) atoms. The lowest BCUT2D eigenvalue weighted by atomic mass is 10.2. The van der Waals surface area contributed by atoms with Gasteiger partial charge in [0.05, 0.1) is 6.10 Å². The first-order chi connectivity index (χ1) is 6.24. The largest absolute Gasteiger partial charge is 0.491 e. The Bertz CT molecular complexity index is 261. The van der Waals surface area contributed by atoms with Crippen molar-refractivity contribution >= 4 is 15.9 Å². The van der Waals surface area contributed by atoms with Crippen molar-refractivity contribution in [1.29, 1.82) is 0 Å². The van der Waals surface area contributed by atoms with Crippen molar-refractivity contribution in [1.82, 2.24) is 0 Å². The van der Waals surface area contributed by atoms with Crippen LogP contribution in [0, 0.1) is 0 Å². The summed E-state index contributed by atoms with van der Waals surface area (Å²) in [5.74, 6) is 0.834. The molecule has 1 aromatic carbocycles. The van der Waals surface area contributed by atoms with Gasteiger partial charge in [-0.05, 0) is 13.0 Å². The van der Waals surface area contributed by atoms with Gasteiger partial charge >= 0.3 is 0 Å². The third kappa shape index (κ3) is 3.36. The molecule has 1 aromatic rings. The maximum atomic E-state index is 9.04. The Morgan fingerprint density at radius 3 is 2.77 bits per heavy atom. The van der Waals surface area contributed by atoms with E-state index in [2.05, 4.69) is 15.9 Å². The maximum absolute atomic E-state index is 9.04. The number of aliphatic hydroxyl groups is 1. The molecule has 1 atom stereocenters. The Labute approximate surface area is 86.7 Å². The zero-order valence-electron chi connectivity index (χ0n) is 7.53. The van der Waals surface area contributed by atoms with Gasteiger partial charge < -0.3 is 9.84 Å². The summed E-state index contributed by atoms with van der Waals surface area (Å²) in [7, 11) is 0. The first kappa shape index (κ1) is 10.5. The van der Waals surface area contributed by atoms with E-state index in [0.717, 1.165) is 16.6 Å². The van der Waals surface area contributed by atoms with Crippen LogP contribution >= 0.6 is 15.9 Å². The van der Waals surface area contributed by atoms with E-state index in [9.17, 15) is 0 Å². The summed E-state index contributed by atoms with van der Waals surface area (Å²) in [6.45, 7) is 2.04. The number of hydrogen-bond acceptors (Lipinski definition) is 2. The normalized spacial score (nSPS) is 12.5. The van der Waals surface area contributed by atoms with E-state index >= 15 is 0 Å². The fourth-order valence-electron chi connectivity index (χ4n) is 0.965. The Kier molecular flexibility index (Phi) is 4.25. The monoisotopic (exact) mass is 244 g/mol. The van der Waals surface area contributed by atoms with E-state index in [1.807, 2.05) is 24.3 Å². The summed E-state index contributed by atoms with van der Waals surface area (Å²) in [6.07, 6.45) is -0.427. The lowest BCUT2D eigenvalue weighted by Crippen LogP contribution is -2.13. The minimum absolute atomic E-state index is 0.337. The van der Waals surface area contributed by atoms with Crippen molar-refractivity contribution in [2.45, 2.75) is 18.4 Å². The smallest absolute Gasteiger partial charge is 0.123 e. The molecule has 0 spiro atoms. The summed E-state index contributed by atoms with van der Waals surface area (Å²) in [6, 6.07) is 7.78. The first-order valence-corrected chi connectivity index (χ1v) is 5.31. The van der Waals surface area contributed by atoms with Gasteiger partial charge in [0.2, 0.25) is 0 Å². The summed E-state index contributed by atoms with van der Waals surface area (Å²) < 4.78 is 5.41. The highest BCUT2D eigenvalue weighted by Crippen LogP contribution is 2.20. The van der Waals surface area contributed by atoms with Crippen LogP contribution in [0.4, 0.5) is 0 Å². The van der Waals surface area contributed by atoms with Crippen molar-refractivity contribution in [2.24, 2.45) is 0 Å². The number of aliphatic hydroxyl groups excluding tert-OH is 1. The van der Waals surface area contributed by atoms with E-state index in [1.165, 1.54) is 0 Å². The van der Waals surface area contributed by atoms with Gasteiger partial charge in [-0.15, -0.1) is 0 Å². The fourth-order valence-corrected chi connectivity index (χ4v) is 1.43. The molecule has 0 aromatic heterocycles. The SMILES string of the molecule is CC(O)COc1ccccc1CBr. The summed E-state index contributed by atoms with van der Waals surface area (Å²) in [5.41, 5.74) is 1.10. The molecule has 2 nitrogen and oxygen atoms in total. The van der Waals surface area contributed by atoms with Gasteiger partial charge in [-0.1, -0.05) is 34.1 Å². The van der Waals surface area contributed by atoms with Crippen LogP contribution in [-0.2, 0) is 5.33 Å². The van der Waals surface area contributed by atoms with Crippen LogP contribution in [0.3, 0.4) is 0 Å². The average Bonchev–Trinajstić information content (AvgIpc) is 2.15. The number of hydrogen-bond donors (Lipinski definition) is 1. The van der Waals surface area contributed by atoms with Crippen molar-refractivity contribution in [3.05, 3.63) is 29.8 Å². The lowest BCUT2D eigenvalue weighted by molar-refractivity contribution is 0.122. The van der Waals surface area contributed by atoms with Crippen LogP contribution in [0.25, 0.3) is 0 Å². The highest BCUT2D eigenvalue weighted by molar-refractivity contribution is 9.08. The third-order valence-electron chi connectivity index (χ3n) is 1.60. The highest BCUT2D eigenvalue weighted by Gasteiger charge is 2.02. The minimum Gasteiger partial charge on any atom is -0.491 e. The average molecular weight is 245 g/mol. The molecule has 0 aliphatic carbocycles. The molecule has 0 amide bonds. The number of para-hydroxylation sites is 1. The van der Waals surface area contributed by atoms with Gasteiger partial charge in [0, 0.05) is 10.9 Å². The Morgan fingerprint density at radius 2 is 2.15 bits per heavy atom. The first-order valence-electron chi connectivity index (χ1n) is 4.18. The third-order valence-corrected chi connectivity index (χ3v) is 2.20. The van der Waals surface area contributed by atoms with Crippen molar-refractivity contribution in [3.63, 3.8) is 0 Å². The zero-order valence-corrected chi connectivity index (χ0v) is 9.12. The minimum atomic E-state index is -0.427. The predicted molar refractivity (Wildman–Crippen MR) is 56.2 cm³/mol. The van der Waals surface area contributed by atoms with E-state index in [4.69, 9.17) is 9.84 Å². The highest BCUT2D eigenvalue weighted by atomic mass is 79.9. The number of halogens is 1. The number of benzene rings is 1. The molecule has 1 unspecified atom stereocenters. The van der Waals surface area contributed by atoms with Crippen LogP contribution in [0.2, 0.25) is 0 Å². The number of ether oxygens (including phenoxy) is 1. The van der Waals surface area contributed by atoms with Crippen molar-refractivity contribution in [3.8, 4) is 5.75 Å². The van der Waals surface area contributed by atoms with Gasteiger partial charge in [-0.2, -0.15) is 0 Å². The number of rotatable bonds is 4. The molecule has 72 valence electrons. The van der Waals surface area contributed by atoms with E-state index < -0.39 is 6.10 Å². The molecule has 0 fully saturated rings. The molecular weight excluding hydrogens is 232 g/mol. The van der Waals surface area contributed by atoms with Gasteiger partial charge in [-0.25, -0.2) is 0 Å². The summed E-state index contributed by atoms with van der Waals surface area (Å²) in [5, 5.41) is 9.81. The topological polar surface area (TPSA) is 29.5 Å². The second-order valence-electron chi connectivity index (χ2n) is 2.90. The number of alkyl halides is 1. The molecule has 0 aliphatic rings. The quantitative estimate of drug-likeness (QED) is 0.825. The predicted octanol–water partition coefficient (Wildman–Crippen LogP) is 2.34. The molecule has 0 bridgehead atoms.